The minimum Gasteiger partial charge on any atom is -0.490 e. The topological polar surface area (TPSA) is 81.6 Å². The molecule has 5 rings (SSSR count). The summed E-state index contributed by atoms with van der Waals surface area (Å²) in [5.41, 5.74) is 1.29. The van der Waals surface area contributed by atoms with Gasteiger partial charge in [0.05, 0.1) is 24.0 Å². The molecule has 2 atom stereocenters. The highest BCUT2D eigenvalue weighted by Gasteiger charge is 2.29. The Balaban J connectivity index is 1.21. The Morgan fingerprint density at radius 2 is 1.91 bits per heavy atom. The number of sulfone groups is 1. The highest BCUT2D eigenvalue weighted by atomic mass is 35.5. The van der Waals surface area contributed by atoms with E-state index in [2.05, 4.69) is 21.8 Å². The molecule has 0 N–H and O–H groups in total. The van der Waals surface area contributed by atoms with Crippen molar-refractivity contribution < 1.29 is 22.3 Å². The molecule has 2 aromatic carbocycles. The van der Waals surface area contributed by atoms with Gasteiger partial charge in [0.15, 0.2) is 17.5 Å². The van der Waals surface area contributed by atoms with E-state index < -0.39 is 15.7 Å². The minimum atomic E-state index is -3.39. The van der Waals surface area contributed by atoms with E-state index in [1.54, 1.807) is 36.7 Å². The molecule has 178 valence electrons. The number of aromatic nitrogens is 2. The SMILES string of the molecule is C[C@@H]1C[C@@H](COc2ccc(-c3ccc4c(c3)OCS4(=O)=O)cc2F)CCN1c1ncc(Cl)cn1. The first-order valence-electron chi connectivity index (χ1n) is 11.0. The number of fused-ring (bicyclic) bond motifs is 1. The van der Waals surface area contributed by atoms with Gasteiger partial charge in [0, 0.05) is 12.6 Å². The van der Waals surface area contributed by atoms with Crippen LogP contribution in [0.1, 0.15) is 19.8 Å². The van der Waals surface area contributed by atoms with Gasteiger partial charge in [-0.3, -0.25) is 0 Å². The van der Waals surface area contributed by atoms with Crippen LogP contribution in [0.5, 0.6) is 11.5 Å². The van der Waals surface area contributed by atoms with E-state index >= 15 is 0 Å². The second kappa shape index (κ2) is 9.03. The van der Waals surface area contributed by atoms with Crippen molar-refractivity contribution in [3.63, 3.8) is 0 Å². The highest BCUT2D eigenvalue weighted by molar-refractivity contribution is 7.91. The van der Waals surface area contributed by atoms with Gasteiger partial charge in [-0.1, -0.05) is 23.7 Å². The molecule has 2 aliphatic heterocycles. The van der Waals surface area contributed by atoms with Crippen molar-refractivity contribution in [1.29, 1.82) is 0 Å². The van der Waals surface area contributed by atoms with E-state index in [0.717, 1.165) is 19.4 Å². The van der Waals surface area contributed by atoms with Crippen LogP contribution in [0.25, 0.3) is 11.1 Å². The largest absolute Gasteiger partial charge is 0.490 e. The van der Waals surface area contributed by atoms with Gasteiger partial charge >= 0.3 is 0 Å². The molecule has 1 saturated heterocycles. The average Bonchev–Trinajstić information content (AvgIpc) is 3.13. The predicted octanol–water partition coefficient (Wildman–Crippen LogP) is 4.74. The third-order valence-corrected chi connectivity index (χ3v) is 7.87. The fraction of sp³-hybridized carbons (Fsp3) is 0.333. The second-order valence-electron chi connectivity index (χ2n) is 8.63. The summed E-state index contributed by atoms with van der Waals surface area (Å²) in [5.74, 6) is 0.604. The lowest BCUT2D eigenvalue weighted by Crippen LogP contribution is -2.43. The summed E-state index contributed by atoms with van der Waals surface area (Å²) in [6, 6.07) is 9.75. The van der Waals surface area contributed by atoms with Crippen molar-refractivity contribution in [2.24, 2.45) is 5.92 Å². The standard InChI is InChI=1S/C24H23ClFN3O4S/c1-15-8-16(6-7-29(15)24-27-11-19(25)12-28-24)13-32-21-4-2-17(9-20(21)26)18-3-5-23-22(10-18)33-14-34(23,30)31/h2-5,9-12,15-16H,6-8,13-14H2,1H3/t15-,16+/m1/s1. The monoisotopic (exact) mass is 503 g/mol. The molecule has 2 aliphatic rings. The number of rotatable bonds is 5. The van der Waals surface area contributed by atoms with Crippen LogP contribution in [0.15, 0.2) is 53.7 Å². The molecule has 1 aromatic heterocycles. The summed E-state index contributed by atoms with van der Waals surface area (Å²) in [4.78, 5) is 10.9. The Morgan fingerprint density at radius 3 is 2.65 bits per heavy atom. The van der Waals surface area contributed by atoms with Crippen molar-refractivity contribution in [1.82, 2.24) is 9.97 Å². The van der Waals surface area contributed by atoms with E-state index in [1.165, 1.54) is 12.1 Å². The fourth-order valence-corrected chi connectivity index (χ4v) is 5.65. The molecule has 10 heteroatoms. The Morgan fingerprint density at radius 1 is 1.18 bits per heavy atom. The van der Waals surface area contributed by atoms with Crippen molar-refractivity contribution in [2.45, 2.75) is 30.7 Å². The third-order valence-electron chi connectivity index (χ3n) is 6.24. The summed E-state index contributed by atoms with van der Waals surface area (Å²) >= 11 is 5.88. The summed E-state index contributed by atoms with van der Waals surface area (Å²) in [5, 5.41) is 0.505. The van der Waals surface area contributed by atoms with Crippen molar-refractivity contribution in [3.05, 3.63) is 59.6 Å². The molecule has 34 heavy (non-hydrogen) atoms. The average molecular weight is 504 g/mol. The van der Waals surface area contributed by atoms with Crippen LogP contribution in [0.3, 0.4) is 0 Å². The van der Waals surface area contributed by atoms with Gasteiger partial charge in [0.2, 0.25) is 15.8 Å². The van der Waals surface area contributed by atoms with Gasteiger partial charge in [-0.15, -0.1) is 0 Å². The number of piperidine rings is 1. The molecule has 0 unspecified atom stereocenters. The van der Waals surface area contributed by atoms with E-state index in [9.17, 15) is 12.8 Å². The molecule has 0 spiro atoms. The summed E-state index contributed by atoms with van der Waals surface area (Å²) in [6.07, 6.45) is 4.95. The third kappa shape index (κ3) is 4.54. The zero-order chi connectivity index (χ0) is 23.9. The number of halogens is 2. The number of hydrogen-bond donors (Lipinski definition) is 0. The van der Waals surface area contributed by atoms with Crippen molar-refractivity contribution in [2.75, 3.05) is 24.0 Å². The van der Waals surface area contributed by atoms with Crippen LogP contribution in [-0.2, 0) is 9.84 Å². The van der Waals surface area contributed by atoms with Crippen molar-refractivity contribution in [3.8, 4) is 22.6 Å². The van der Waals surface area contributed by atoms with Crippen LogP contribution in [0.4, 0.5) is 10.3 Å². The van der Waals surface area contributed by atoms with E-state index in [0.29, 0.717) is 34.5 Å². The Labute approximate surface area is 202 Å². The number of nitrogens with zero attached hydrogens (tertiary/aromatic N) is 3. The zero-order valence-electron chi connectivity index (χ0n) is 18.4. The maximum absolute atomic E-state index is 14.8. The van der Waals surface area contributed by atoms with Crippen LogP contribution >= 0.6 is 11.6 Å². The van der Waals surface area contributed by atoms with Crippen LogP contribution in [0.2, 0.25) is 5.02 Å². The maximum Gasteiger partial charge on any atom is 0.225 e. The van der Waals surface area contributed by atoms with Crippen LogP contribution < -0.4 is 14.4 Å². The molecule has 3 heterocycles. The lowest BCUT2D eigenvalue weighted by atomic mass is 9.92. The highest BCUT2D eigenvalue weighted by Crippen LogP contribution is 2.36. The first kappa shape index (κ1) is 22.9. The summed E-state index contributed by atoms with van der Waals surface area (Å²) in [6.45, 7) is 3.32. The number of hydrogen-bond acceptors (Lipinski definition) is 7. The Hall–Kier alpha value is -2.91. The van der Waals surface area contributed by atoms with Gasteiger partial charge in [-0.2, -0.15) is 0 Å². The number of ether oxygens (including phenoxy) is 2. The lowest BCUT2D eigenvalue weighted by Gasteiger charge is -2.37. The van der Waals surface area contributed by atoms with E-state index in [4.69, 9.17) is 21.1 Å². The van der Waals surface area contributed by atoms with Gasteiger partial charge < -0.3 is 14.4 Å². The molecule has 1 fully saturated rings. The molecule has 0 radical (unpaired) electrons. The van der Waals surface area contributed by atoms with Gasteiger partial charge in [0.25, 0.3) is 0 Å². The van der Waals surface area contributed by atoms with Crippen molar-refractivity contribution >= 4 is 27.4 Å². The van der Waals surface area contributed by atoms with Gasteiger partial charge in [-0.05, 0) is 61.1 Å². The molecule has 3 aromatic rings. The predicted molar refractivity (Wildman–Crippen MR) is 127 cm³/mol. The first-order chi connectivity index (χ1) is 16.3. The Bertz CT molecular complexity index is 1320. The van der Waals surface area contributed by atoms with Gasteiger partial charge in [-0.25, -0.2) is 22.8 Å². The van der Waals surface area contributed by atoms with Crippen LogP contribution in [0, 0.1) is 11.7 Å². The van der Waals surface area contributed by atoms with E-state index in [-0.39, 0.29) is 28.5 Å². The molecule has 7 nitrogen and oxygen atoms in total. The smallest absolute Gasteiger partial charge is 0.225 e. The maximum atomic E-state index is 14.8. The second-order valence-corrected chi connectivity index (χ2v) is 11.0. The molecule has 0 amide bonds. The fourth-order valence-electron chi connectivity index (χ4n) is 4.44. The lowest BCUT2D eigenvalue weighted by molar-refractivity contribution is 0.202. The molecule has 0 saturated carbocycles. The minimum absolute atomic E-state index is 0.166. The number of anilines is 1. The molecule has 0 aliphatic carbocycles. The Kier molecular flexibility index (Phi) is 6.07. The van der Waals surface area contributed by atoms with E-state index in [1.807, 2.05) is 0 Å². The number of benzene rings is 2. The molecular weight excluding hydrogens is 481 g/mol. The quantitative estimate of drug-likeness (QED) is 0.497. The molecule has 0 bridgehead atoms. The summed E-state index contributed by atoms with van der Waals surface area (Å²) < 4.78 is 49.7. The molecular formula is C24H23ClFN3O4S. The zero-order valence-corrected chi connectivity index (χ0v) is 20.0. The van der Waals surface area contributed by atoms with Gasteiger partial charge in [0.1, 0.15) is 10.6 Å². The normalized spacial score (nSPS) is 21.1. The van der Waals surface area contributed by atoms with Crippen LogP contribution in [-0.4, -0.2) is 43.5 Å². The first-order valence-corrected chi connectivity index (χ1v) is 13.0. The summed E-state index contributed by atoms with van der Waals surface area (Å²) in [7, 11) is -3.39.